The van der Waals surface area contributed by atoms with E-state index in [-0.39, 0.29) is 29.6 Å². The molecule has 1 aromatic heterocycles. The third kappa shape index (κ3) is 4.28. The van der Waals surface area contributed by atoms with Crippen LogP contribution in [-0.4, -0.2) is 28.8 Å². The molecule has 0 spiro atoms. The van der Waals surface area contributed by atoms with E-state index in [9.17, 15) is 9.18 Å². The molecule has 0 radical (unpaired) electrons. The maximum absolute atomic E-state index is 13.1. The summed E-state index contributed by atoms with van der Waals surface area (Å²) in [5.41, 5.74) is 9.17. The molecule has 1 amide bonds. The lowest BCUT2D eigenvalue weighted by Gasteiger charge is -2.20. The van der Waals surface area contributed by atoms with Crippen molar-refractivity contribution in [3.63, 3.8) is 0 Å². The number of aromatic nitrogens is 2. The Balaban J connectivity index is 1.55. The molecule has 2 heterocycles. The summed E-state index contributed by atoms with van der Waals surface area (Å²) in [4.78, 5) is 12.6. The van der Waals surface area contributed by atoms with Crippen LogP contribution in [0.25, 0.3) is 0 Å². The fourth-order valence-corrected chi connectivity index (χ4v) is 3.35. The van der Waals surface area contributed by atoms with Crippen LogP contribution >= 0.6 is 0 Å². The molecule has 3 N–H and O–H groups in total. The van der Waals surface area contributed by atoms with Gasteiger partial charge in [0.2, 0.25) is 5.91 Å². The predicted octanol–water partition coefficient (Wildman–Crippen LogP) is 1.86. The molecule has 1 aromatic carbocycles. The van der Waals surface area contributed by atoms with Gasteiger partial charge in [-0.2, -0.15) is 5.10 Å². The number of benzene rings is 1. The molecule has 1 aliphatic heterocycles. The van der Waals surface area contributed by atoms with E-state index in [1.165, 1.54) is 12.1 Å². The Labute approximate surface area is 153 Å². The van der Waals surface area contributed by atoms with E-state index < -0.39 is 0 Å². The van der Waals surface area contributed by atoms with Gasteiger partial charge in [-0.15, -0.1) is 0 Å². The van der Waals surface area contributed by atoms with Gasteiger partial charge in [0.25, 0.3) is 0 Å². The van der Waals surface area contributed by atoms with Crippen LogP contribution in [0.1, 0.15) is 29.9 Å². The Morgan fingerprint density at radius 2 is 2.12 bits per heavy atom. The van der Waals surface area contributed by atoms with E-state index in [1.807, 2.05) is 18.5 Å². The van der Waals surface area contributed by atoms with E-state index in [2.05, 4.69) is 34.3 Å². The second-order valence-corrected chi connectivity index (χ2v) is 7.12. The quantitative estimate of drug-likeness (QED) is 0.736. The van der Waals surface area contributed by atoms with Gasteiger partial charge in [-0.25, -0.2) is 9.82 Å². The predicted molar refractivity (Wildman–Crippen MR) is 97.6 cm³/mol. The Kier molecular flexibility index (Phi) is 5.68. The first-order chi connectivity index (χ1) is 12.4. The fraction of sp³-hybridized carbons (Fsp3) is 0.474. The number of nitrogens with zero attached hydrogens (tertiary/aromatic N) is 2. The van der Waals surface area contributed by atoms with Crippen molar-refractivity contribution in [1.82, 2.24) is 25.9 Å². The van der Waals surface area contributed by atoms with Crippen LogP contribution in [0, 0.1) is 31.5 Å². The van der Waals surface area contributed by atoms with Gasteiger partial charge in [0.05, 0.1) is 17.7 Å². The van der Waals surface area contributed by atoms with E-state index in [0.29, 0.717) is 13.1 Å². The van der Waals surface area contributed by atoms with Gasteiger partial charge in [0.1, 0.15) is 5.82 Å². The highest BCUT2D eigenvalue weighted by Crippen LogP contribution is 2.25. The summed E-state index contributed by atoms with van der Waals surface area (Å²) >= 11 is 0. The average Bonchev–Trinajstić information content (AvgIpc) is 3.20. The minimum atomic E-state index is -0.279. The molecule has 7 heteroatoms. The fourth-order valence-electron chi connectivity index (χ4n) is 3.35. The van der Waals surface area contributed by atoms with Crippen molar-refractivity contribution in [3.05, 3.63) is 53.1 Å². The molecule has 0 aliphatic carbocycles. The number of nitrogens with one attached hydrogen (secondary N) is 3. The van der Waals surface area contributed by atoms with E-state index >= 15 is 0 Å². The first kappa shape index (κ1) is 18.5. The van der Waals surface area contributed by atoms with E-state index in [1.54, 1.807) is 12.1 Å². The van der Waals surface area contributed by atoms with Gasteiger partial charge >= 0.3 is 0 Å². The second kappa shape index (κ2) is 7.97. The van der Waals surface area contributed by atoms with Crippen molar-refractivity contribution in [2.45, 2.75) is 33.4 Å². The molecule has 1 aliphatic rings. The molecule has 1 fully saturated rings. The molecule has 1 saturated heterocycles. The molecular weight excluding hydrogens is 333 g/mol. The van der Waals surface area contributed by atoms with Gasteiger partial charge in [0.15, 0.2) is 0 Å². The molecule has 3 rings (SSSR count). The van der Waals surface area contributed by atoms with Crippen LogP contribution in [0.15, 0.2) is 30.3 Å². The van der Waals surface area contributed by atoms with Crippen LogP contribution in [-0.2, 0) is 11.3 Å². The summed E-state index contributed by atoms with van der Waals surface area (Å²) in [6.07, 6.45) is 0. The molecule has 3 atom stereocenters. The number of carbonyl (C=O) groups excluding carboxylic acids is 1. The third-order valence-electron chi connectivity index (χ3n) is 4.76. The summed E-state index contributed by atoms with van der Waals surface area (Å²) in [6.45, 7) is 8.01. The first-order valence-corrected chi connectivity index (χ1v) is 8.96. The molecule has 0 saturated carbocycles. The van der Waals surface area contributed by atoms with Crippen LogP contribution < -0.4 is 16.2 Å². The van der Waals surface area contributed by atoms with Gasteiger partial charge in [-0.05, 0) is 43.5 Å². The number of hydrogen-bond acceptors (Lipinski definition) is 4. The maximum atomic E-state index is 13.1. The van der Waals surface area contributed by atoms with Crippen LogP contribution in [0.3, 0.4) is 0 Å². The van der Waals surface area contributed by atoms with Crippen LogP contribution in [0.2, 0.25) is 0 Å². The lowest BCUT2D eigenvalue weighted by Crippen LogP contribution is -2.38. The number of rotatable bonds is 6. The summed E-state index contributed by atoms with van der Waals surface area (Å²) in [6, 6.07) is 8.15. The van der Waals surface area contributed by atoms with Crippen LogP contribution in [0.4, 0.5) is 4.39 Å². The molecular formula is C19H26FN5O. The number of aryl methyl sites for hydroxylation is 2. The van der Waals surface area contributed by atoms with Gasteiger partial charge in [0, 0.05) is 25.3 Å². The monoisotopic (exact) mass is 359 g/mol. The highest BCUT2D eigenvalue weighted by Gasteiger charge is 2.33. The van der Waals surface area contributed by atoms with Crippen molar-refractivity contribution < 1.29 is 9.18 Å². The van der Waals surface area contributed by atoms with Crippen molar-refractivity contribution in [1.29, 1.82) is 0 Å². The van der Waals surface area contributed by atoms with Gasteiger partial charge < -0.3 is 5.32 Å². The number of amides is 1. The Morgan fingerprint density at radius 3 is 2.77 bits per heavy atom. The van der Waals surface area contributed by atoms with Gasteiger partial charge in [-0.3, -0.25) is 14.9 Å². The number of hydrogen-bond donors (Lipinski definition) is 3. The zero-order chi connectivity index (χ0) is 18.7. The highest BCUT2D eigenvalue weighted by atomic mass is 19.1. The van der Waals surface area contributed by atoms with Crippen molar-refractivity contribution in [3.8, 4) is 0 Å². The highest BCUT2D eigenvalue weighted by molar-refractivity contribution is 5.80. The smallest absolute Gasteiger partial charge is 0.226 e. The second-order valence-electron chi connectivity index (χ2n) is 7.12. The van der Waals surface area contributed by atoms with Crippen LogP contribution in [0.5, 0.6) is 0 Å². The largest absolute Gasteiger partial charge is 0.355 e. The van der Waals surface area contributed by atoms with E-state index in [4.69, 9.17) is 0 Å². The minimum absolute atomic E-state index is 0.00274. The zero-order valence-electron chi connectivity index (χ0n) is 15.4. The summed E-state index contributed by atoms with van der Waals surface area (Å²) < 4.78 is 15.1. The Bertz CT molecular complexity index is 758. The first-order valence-electron chi connectivity index (χ1n) is 8.96. The molecule has 140 valence electrons. The number of hydrazine groups is 1. The topological polar surface area (TPSA) is 71.0 Å². The molecule has 3 unspecified atom stereocenters. The Morgan fingerprint density at radius 1 is 1.38 bits per heavy atom. The maximum Gasteiger partial charge on any atom is 0.226 e. The number of halogens is 1. The standard InChI is InChI=1S/C19H26FN5O/c1-12(11-25-14(3)8-13(2)24-25)9-21-19(26)17-10-22-23-18(17)15-4-6-16(20)7-5-15/h4-8,12,17-18,22-23H,9-11H2,1-3H3,(H,21,26). The zero-order valence-corrected chi connectivity index (χ0v) is 15.4. The number of carbonyl (C=O) groups is 1. The van der Waals surface area contributed by atoms with Gasteiger partial charge in [-0.1, -0.05) is 19.1 Å². The normalized spacial score (nSPS) is 20.9. The van der Waals surface area contributed by atoms with Crippen molar-refractivity contribution in [2.24, 2.45) is 11.8 Å². The SMILES string of the molecule is Cc1cc(C)n(CC(C)CNC(=O)C2CNNC2c2ccc(F)cc2)n1. The minimum Gasteiger partial charge on any atom is -0.355 e. The summed E-state index contributed by atoms with van der Waals surface area (Å²) in [7, 11) is 0. The lowest BCUT2D eigenvalue weighted by molar-refractivity contribution is -0.125. The average molecular weight is 359 g/mol. The van der Waals surface area contributed by atoms with Crippen molar-refractivity contribution >= 4 is 5.91 Å². The third-order valence-corrected chi connectivity index (χ3v) is 4.76. The van der Waals surface area contributed by atoms with Crippen molar-refractivity contribution in [2.75, 3.05) is 13.1 Å². The molecule has 26 heavy (non-hydrogen) atoms. The summed E-state index contributed by atoms with van der Waals surface area (Å²) in [5, 5.41) is 7.51. The molecule has 2 aromatic rings. The lowest BCUT2D eigenvalue weighted by atomic mass is 9.94. The van der Waals surface area contributed by atoms with E-state index in [0.717, 1.165) is 23.5 Å². The summed E-state index contributed by atoms with van der Waals surface area (Å²) in [5.74, 6) is -0.249. The molecule has 6 nitrogen and oxygen atoms in total. The molecule has 0 bridgehead atoms. The Hall–Kier alpha value is -2.25.